The Morgan fingerprint density at radius 1 is 1.60 bits per heavy atom. The average molecular weight is 137 g/mol. The number of ketones is 1. The van der Waals surface area contributed by atoms with E-state index in [9.17, 15) is 4.79 Å². The van der Waals surface area contributed by atoms with Crippen LogP contribution in [0.1, 0.15) is 33.1 Å². The third-order valence-electron chi connectivity index (χ3n) is 1.91. The summed E-state index contributed by atoms with van der Waals surface area (Å²) in [6, 6.07) is 0. The van der Waals surface area contributed by atoms with Crippen molar-refractivity contribution in [3.63, 3.8) is 0 Å². The van der Waals surface area contributed by atoms with Gasteiger partial charge < -0.3 is 0 Å². The summed E-state index contributed by atoms with van der Waals surface area (Å²) in [5.41, 5.74) is 2.26. The maximum atomic E-state index is 11.1. The molecule has 0 bridgehead atoms. The summed E-state index contributed by atoms with van der Waals surface area (Å²) in [6.07, 6.45) is 4.70. The molecule has 0 fully saturated rings. The second kappa shape index (κ2) is 3.00. The zero-order valence-corrected chi connectivity index (χ0v) is 6.61. The fourth-order valence-electron chi connectivity index (χ4n) is 1.30. The lowest BCUT2D eigenvalue weighted by molar-refractivity contribution is -0.114. The van der Waals surface area contributed by atoms with Crippen LogP contribution < -0.4 is 0 Å². The van der Waals surface area contributed by atoms with E-state index in [0.29, 0.717) is 12.2 Å². The molecule has 0 unspecified atom stereocenters. The summed E-state index contributed by atoms with van der Waals surface area (Å²) in [5.74, 6) is 0.333. The molecule has 0 aromatic rings. The topological polar surface area (TPSA) is 17.1 Å². The van der Waals surface area contributed by atoms with Crippen LogP contribution in [0, 0.1) is 6.42 Å². The predicted molar refractivity (Wildman–Crippen MR) is 41.5 cm³/mol. The van der Waals surface area contributed by atoms with Gasteiger partial charge >= 0.3 is 0 Å². The van der Waals surface area contributed by atoms with Gasteiger partial charge in [-0.2, -0.15) is 0 Å². The number of carbonyl (C=O) groups excluding carboxylic acids is 1. The van der Waals surface area contributed by atoms with Crippen LogP contribution in [0.5, 0.6) is 0 Å². The Labute approximate surface area is 62.1 Å². The summed E-state index contributed by atoms with van der Waals surface area (Å²) in [4.78, 5) is 11.1. The molecule has 1 heteroatoms. The standard InChI is InChI=1S/C9H13O/c1-3-4-8-7(2)5-6-9(8)10/h5H,3-4,6H2,1-2H3. The van der Waals surface area contributed by atoms with Crippen LogP contribution in [0.25, 0.3) is 0 Å². The highest BCUT2D eigenvalue weighted by Crippen LogP contribution is 2.24. The van der Waals surface area contributed by atoms with Crippen LogP contribution in [0.4, 0.5) is 0 Å². The van der Waals surface area contributed by atoms with Crippen molar-refractivity contribution in [1.82, 2.24) is 0 Å². The van der Waals surface area contributed by atoms with Gasteiger partial charge in [0.15, 0.2) is 5.78 Å². The van der Waals surface area contributed by atoms with E-state index in [-0.39, 0.29) is 0 Å². The van der Waals surface area contributed by atoms with Crippen LogP contribution in [-0.2, 0) is 4.79 Å². The van der Waals surface area contributed by atoms with Crippen LogP contribution >= 0.6 is 0 Å². The normalized spacial score (nSPS) is 18.8. The Morgan fingerprint density at radius 3 is 2.70 bits per heavy atom. The van der Waals surface area contributed by atoms with E-state index in [1.807, 2.05) is 13.3 Å². The molecule has 1 aliphatic carbocycles. The van der Waals surface area contributed by atoms with Gasteiger partial charge in [-0.05, 0) is 25.3 Å². The van der Waals surface area contributed by atoms with Gasteiger partial charge in [-0.1, -0.05) is 18.9 Å². The maximum absolute atomic E-state index is 11.1. The molecule has 0 spiro atoms. The van der Waals surface area contributed by atoms with E-state index in [1.54, 1.807) is 0 Å². The molecule has 55 valence electrons. The van der Waals surface area contributed by atoms with Gasteiger partial charge in [0.25, 0.3) is 0 Å². The number of allylic oxidation sites excluding steroid dienone is 2. The van der Waals surface area contributed by atoms with Gasteiger partial charge in [-0.25, -0.2) is 0 Å². The third kappa shape index (κ3) is 1.28. The van der Waals surface area contributed by atoms with Crippen LogP contribution in [0.3, 0.4) is 0 Å². The van der Waals surface area contributed by atoms with Crippen LogP contribution in [0.15, 0.2) is 11.1 Å². The van der Waals surface area contributed by atoms with Crippen molar-refractivity contribution in [2.75, 3.05) is 0 Å². The van der Waals surface area contributed by atoms with Crippen molar-refractivity contribution in [3.8, 4) is 0 Å². The number of hydrogen-bond donors (Lipinski definition) is 0. The lowest BCUT2D eigenvalue weighted by Crippen LogP contribution is -1.94. The minimum atomic E-state index is 0.333. The molecule has 0 saturated carbocycles. The molecule has 1 nitrogen and oxygen atoms in total. The van der Waals surface area contributed by atoms with Gasteiger partial charge in [-0.3, -0.25) is 4.79 Å². The van der Waals surface area contributed by atoms with E-state index < -0.39 is 0 Å². The first-order chi connectivity index (χ1) is 4.75. The van der Waals surface area contributed by atoms with Crippen molar-refractivity contribution in [1.29, 1.82) is 0 Å². The average Bonchev–Trinajstić information content (AvgIpc) is 2.20. The summed E-state index contributed by atoms with van der Waals surface area (Å²) < 4.78 is 0. The SMILES string of the molecule is CCCC1=C(C)[CH]CC1=O. The lowest BCUT2D eigenvalue weighted by Gasteiger charge is -1.97. The third-order valence-corrected chi connectivity index (χ3v) is 1.91. The number of rotatable bonds is 2. The molecule has 0 amide bonds. The first kappa shape index (κ1) is 7.52. The van der Waals surface area contributed by atoms with Crippen molar-refractivity contribution in [2.24, 2.45) is 0 Å². The summed E-state index contributed by atoms with van der Waals surface area (Å²) in [5, 5.41) is 0. The van der Waals surface area contributed by atoms with Crippen molar-refractivity contribution in [3.05, 3.63) is 17.6 Å². The molecule has 1 rings (SSSR count). The van der Waals surface area contributed by atoms with Gasteiger partial charge in [0.1, 0.15) is 0 Å². The zero-order chi connectivity index (χ0) is 7.56. The van der Waals surface area contributed by atoms with Crippen molar-refractivity contribution in [2.45, 2.75) is 33.1 Å². The Hall–Kier alpha value is -0.590. The zero-order valence-electron chi connectivity index (χ0n) is 6.61. The minimum Gasteiger partial charge on any atom is -0.295 e. The molecule has 1 radical (unpaired) electrons. The van der Waals surface area contributed by atoms with Gasteiger partial charge in [0, 0.05) is 6.42 Å². The molecule has 0 saturated heterocycles. The molecule has 0 heterocycles. The van der Waals surface area contributed by atoms with E-state index in [4.69, 9.17) is 0 Å². The Morgan fingerprint density at radius 2 is 2.30 bits per heavy atom. The smallest absolute Gasteiger partial charge is 0.159 e. The molecule has 0 aliphatic heterocycles. The number of hydrogen-bond acceptors (Lipinski definition) is 1. The fourth-order valence-corrected chi connectivity index (χ4v) is 1.30. The van der Waals surface area contributed by atoms with Crippen molar-refractivity contribution < 1.29 is 4.79 Å². The molecule has 0 aromatic heterocycles. The van der Waals surface area contributed by atoms with Crippen LogP contribution in [-0.4, -0.2) is 5.78 Å². The Bertz CT molecular complexity index is 177. The molecule has 10 heavy (non-hydrogen) atoms. The summed E-state index contributed by atoms with van der Waals surface area (Å²) >= 11 is 0. The Kier molecular flexibility index (Phi) is 2.25. The van der Waals surface area contributed by atoms with Gasteiger partial charge in [-0.15, -0.1) is 0 Å². The second-order valence-electron chi connectivity index (χ2n) is 2.74. The molecule has 0 atom stereocenters. The molecule has 1 aliphatic rings. The minimum absolute atomic E-state index is 0.333. The fraction of sp³-hybridized carbons (Fsp3) is 0.556. The monoisotopic (exact) mass is 137 g/mol. The molecular formula is C9H13O. The number of Topliss-reactive ketones (excluding diaryl/α,β-unsaturated/α-hetero) is 1. The maximum Gasteiger partial charge on any atom is 0.159 e. The van der Waals surface area contributed by atoms with Crippen molar-refractivity contribution >= 4 is 5.78 Å². The number of carbonyl (C=O) groups is 1. The van der Waals surface area contributed by atoms with Gasteiger partial charge in [0.2, 0.25) is 0 Å². The highest BCUT2D eigenvalue weighted by Gasteiger charge is 2.18. The first-order valence-electron chi connectivity index (χ1n) is 3.82. The lowest BCUT2D eigenvalue weighted by atomic mass is 10.1. The highest BCUT2D eigenvalue weighted by atomic mass is 16.1. The largest absolute Gasteiger partial charge is 0.295 e. The summed E-state index contributed by atoms with van der Waals surface area (Å²) in [7, 11) is 0. The first-order valence-corrected chi connectivity index (χ1v) is 3.82. The molecular weight excluding hydrogens is 124 g/mol. The van der Waals surface area contributed by atoms with E-state index in [0.717, 1.165) is 18.4 Å². The Balaban J connectivity index is 2.68. The molecule has 0 aromatic carbocycles. The second-order valence-corrected chi connectivity index (χ2v) is 2.74. The predicted octanol–water partition coefficient (Wildman–Crippen LogP) is 2.28. The highest BCUT2D eigenvalue weighted by molar-refractivity contribution is 6.00. The molecule has 0 N–H and O–H groups in total. The quantitative estimate of drug-likeness (QED) is 0.570. The van der Waals surface area contributed by atoms with E-state index in [2.05, 4.69) is 6.92 Å². The van der Waals surface area contributed by atoms with Crippen LogP contribution in [0.2, 0.25) is 0 Å². The summed E-state index contributed by atoms with van der Waals surface area (Å²) in [6.45, 7) is 4.13. The van der Waals surface area contributed by atoms with E-state index in [1.165, 1.54) is 5.57 Å². The van der Waals surface area contributed by atoms with E-state index >= 15 is 0 Å². The van der Waals surface area contributed by atoms with Gasteiger partial charge in [0.05, 0.1) is 0 Å².